The van der Waals surface area contributed by atoms with E-state index in [0.717, 1.165) is 11.1 Å². The molecule has 1 heterocycles. The molecule has 0 amide bonds. The molecule has 26 heavy (non-hydrogen) atoms. The SMILES string of the molecule is C/C(=C(\F)C=O)c1cc2c(c(Cl)c1OC(C)C)OC(C)(C)C=C2C(C)C. The van der Waals surface area contributed by atoms with E-state index < -0.39 is 11.4 Å². The molecule has 0 spiro atoms. The molecule has 0 saturated carbocycles. The second-order valence-corrected chi connectivity index (χ2v) is 8.04. The summed E-state index contributed by atoms with van der Waals surface area (Å²) in [5.74, 6) is 0.233. The largest absolute Gasteiger partial charge is 0.489 e. The van der Waals surface area contributed by atoms with Gasteiger partial charge in [0.1, 0.15) is 16.4 Å². The van der Waals surface area contributed by atoms with Gasteiger partial charge in [-0.25, -0.2) is 4.39 Å². The Labute approximate surface area is 159 Å². The Kier molecular flexibility index (Phi) is 5.86. The van der Waals surface area contributed by atoms with Crippen molar-refractivity contribution in [3.8, 4) is 11.5 Å². The third-order valence-electron chi connectivity index (χ3n) is 4.20. The summed E-state index contributed by atoms with van der Waals surface area (Å²) in [5.41, 5.74) is 1.99. The number of ether oxygens (including phenoxy) is 2. The third-order valence-corrected chi connectivity index (χ3v) is 4.54. The van der Waals surface area contributed by atoms with E-state index in [4.69, 9.17) is 21.1 Å². The maximum absolute atomic E-state index is 14.0. The van der Waals surface area contributed by atoms with Gasteiger partial charge in [-0.3, -0.25) is 4.79 Å². The summed E-state index contributed by atoms with van der Waals surface area (Å²) < 4.78 is 26.0. The molecule has 0 saturated heterocycles. The normalized spacial score (nSPS) is 16.7. The number of carbonyl (C=O) groups excluding carboxylic acids is 1. The third kappa shape index (κ3) is 3.96. The van der Waals surface area contributed by atoms with Gasteiger partial charge in [-0.2, -0.15) is 0 Å². The van der Waals surface area contributed by atoms with Gasteiger partial charge in [0, 0.05) is 11.1 Å². The molecule has 0 N–H and O–H groups in total. The summed E-state index contributed by atoms with van der Waals surface area (Å²) in [6.07, 6.45) is 2.08. The fourth-order valence-electron chi connectivity index (χ4n) is 3.00. The van der Waals surface area contributed by atoms with E-state index in [2.05, 4.69) is 19.9 Å². The zero-order valence-corrected chi connectivity index (χ0v) is 17.1. The lowest BCUT2D eigenvalue weighted by Gasteiger charge is -2.34. The topological polar surface area (TPSA) is 35.5 Å². The number of aldehydes is 1. The molecule has 0 aliphatic carbocycles. The summed E-state index contributed by atoms with van der Waals surface area (Å²) in [7, 11) is 0. The molecule has 0 atom stereocenters. The average molecular weight is 381 g/mol. The summed E-state index contributed by atoms with van der Waals surface area (Å²) in [4.78, 5) is 10.9. The number of hydrogen-bond acceptors (Lipinski definition) is 3. The van der Waals surface area contributed by atoms with Gasteiger partial charge in [0.2, 0.25) is 0 Å². The van der Waals surface area contributed by atoms with Crippen molar-refractivity contribution in [2.24, 2.45) is 5.92 Å². The number of fused-ring (bicyclic) bond motifs is 1. The predicted octanol–water partition coefficient (Wildman–Crippen LogP) is 6.24. The molecule has 5 heteroatoms. The fraction of sp³-hybridized carbons (Fsp3) is 0.476. The van der Waals surface area contributed by atoms with Crippen molar-refractivity contribution in [3.63, 3.8) is 0 Å². The van der Waals surface area contributed by atoms with E-state index in [-0.39, 0.29) is 23.9 Å². The number of allylic oxidation sites excluding steroid dienone is 3. The molecule has 3 nitrogen and oxygen atoms in total. The fourth-order valence-corrected chi connectivity index (χ4v) is 3.28. The molecule has 1 aromatic rings. The Balaban J connectivity index is 2.86. The van der Waals surface area contributed by atoms with E-state index in [1.54, 1.807) is 13.0 Å². The molecule has 0 bridgehead atoms. The van der Waals surface area contributed by atoms with E-state index in [0.29, 0.717) is 22.1 Å². The van der Waals surface area contributed by atoms with Gasteiger partial charge in [0.05, 0.1) is 6.10 Å². The Morgan fingerprint density at radius 3 is 2.42 bits per heavy atom. The molecule has 142 valence electrons. The van der Waals surface area contributed by atoms with Gasteiger partial charge < -0.3 is 9.47 Å². The lowest BCUT2D eigenvalue weighted by atomic mass is 9.86. The van der Waals surface area contributed by atoms with Gasteiger partial charge in [-0.15, -0.1) is 0 Å². The Morgan fingerprint density at radius 1 is 1.31 bits per heavy atom. The summed E-state index contributed by atoms with van der Waals surface area (Å²) in [6, 6.07) is 1.80. The lowest BCUT2D eigenvalue weighted by Crippen LogP contribution is -2.30. The standard InChI is InChI=1S/C21H26ClFO3/c1-11(2)16-9-21(6,7)26-20-15(16)8-14(13(5)17(23)10-24)19(18(20)22)25-12(3)4/h8-12H,1-7H3/b17-13+. The van der Waals surface area contributed by atoms with Crippen molar-refractivity contribution >= 4 is 29.0 Å². The smallest absolute Gasteiger partial charge is 0.178 e. The predicted molar refractivity (Wildman–Crippen MR) is 105 cm³/mol. The minimum absolute atomic E-state index is 0.173. The molecular formula is C21H26ClFO3. The van der Waals surface area contributed by atoms with E-state index in [1.807, 2.05) is 27.7 Å². The monoisotopic (exact) mass is 380 g/mol. The van der Waals surface area contributed by atoms with Gasteiger partial charge in [-0.05, 0) is 63.8 Å². The molecule has 1 aliphatic heterocycles. The molecule has 0 fully saturated rings. The average Bonchev–Trinajstić information content (AvgIpc) is 2.54. The Morgan fingerprint density at radius 2 is 1.92 bits per heavy atom. The minimum Gasteiger partial charge on any atom is -0.489 e. The number of benzene rings is 1. The van der Waals surface area contributed by atoms with Gasteiger partial charge in [0.25, 0.3) is 0 Å². The van der Waals surface area contributed by atoms with Crippen LogP contribution >= 0.6 is 11.6 Å². The first-order valence-corrected chi connectivity index (χ1v) is 9.13. The first-order valence-electron chi connectivity index (χ1n) is 8.75. The maximum Gasteiger partial charge on any atom is 0.178 e. The van der Waals surface area contributed by atoms with Gasteiger partial charge in [-0.1, -0.05) is 25.4 Å². The van der Waals surface area contributed by atoms with Crippen LogP contribution in [-0.2, 0) is 4.79 Å². The number of halogens is 2. The summed E-state index contributed by atoms with van der Waals surface area (Å²) >= 11 is 6.65. The highest BCUT2D eigenvalue weighted by atomic mass is 35.5. The molecule has 0 unspecified atom stereocenters. The van der Waals surface area contributed by atoms with Crippen LogP contribution < -0.4 is 9.47 Å². The van der Waals surface area contributed by atoms with Crippen molar-refractivity contribution in [3.05, 3.63) is 34.1 Å². The molecule has 1 aromatic carbocycles. The second-order valence-electron chi connectivity index (χ2n) is 7.66. The lowest BCUT2D eigenvalue weighted by molar-refractivity contribution is -0.106. The van der Waals surface area contributed by atoms with Crippen molar-refractivity contribution in [2.45, 2.75) is 60.2 Å². The van der Waals surface area contributed by atoms with Crippen LogP contribution in [0.2, 0.25) is 5.02 Å². The minimum atomic E-state index is -0.846. The van der Waals surface area contributed by atoms with Crippen LogP contribution in [0.15, 0.2) is 18.0 Å². The first kappa shape index (κ1) is 20.5. The Hall–Kier alpha value is -1.81. The maximum atomic E-state index is 14.0. The molecule has 2 rings (SSSR count). The molecular weight excluding hydrogens is 355 g/mol. The quantitative estimate of drug-likeness (QED) is 0.448. The summed E-state index contributed by atoms with van der Waals surface area (Å²) in [6.45, 7) is 13.3. The van der Waals surface area contributed by atoms with Crippen molar-refractivity contribution < 1.29 is 18.7 Å². The number of rotatable bonds is 5. The number of hydrogen-bond donors (Lipinski definition) is 0. The highest BCUT2D eigenvalue weighted by Crippen LogP contribution is 2.50. The zero-order valence-electron chi connectivity index (χ0n) is 16.4. The van der Waals surface area contributed by atoms with Gasteiger partial charge in [0.15, 0.2) is 17.9 Å². The van der Waals surface area contributed by atoms with Crippen molar-refractivity contribution in [1.82, 2.24) is 0 Å². The van der Waals surface area contributed by atoms with Crippen molar-refractivity contribution in [2.75, 3.05) is 0 Å². The summed E-state index contributed by atoms with van der Waals surface area (Å²) in [5, 5.41) is 0.295. The van der Waals surface area contributed by atoms with Crippen LogP contribution in [0, 0.1) is 5.92 Å². The van der Waals surface area contributed by atoms with Crippen LogP contribution in [0.25, 0.3) is 11.1 Å². The molecule has 1 aliphatic rings. The number of carbonyl (C=O) groups is 1. The highest BCUT2D eigenvalue weighted by Gasteiger charge is 2.32. The van der Waals surface area contributed by atoms with Crippen LogP contribution in [0.5, 0.6) is 11.5 Å². The van der Waals surface area contributed by atoms with E-state index >= 15 is 0 Å². The first-order chi connectivity index (χ1) is 12.0. The van der Waals surface area contributed by atoms with Crippen molar-refractivity contribution in [1.29, 1.82) is 0 Å². The van der Waals surface area contributed by atoms with E-state index in [1.165, 1.54) is 0 Å². The molecule has 0 radical (unpaired) electrons. The second kappa shape index (κ2) is 7.43. The van der Waals surface area contributed by atoms with Crippen LogP contribution in [0.1, 0.15) is 59.6 Å². The molecule has 0 aromatic heterocycles. The zero-order chi connectivity index (χ0) is 19.8. The van der Waals surface area contributed by atoms with Crippen LogP contribution in [0.3, 0.4) is 0 Å². The van der Waals surface area contributed by atoms with Crippen LogP contribution in [-0.4, -0.2) is 18.0 Å². The van der Waals surface area contributed by atoms with Crippen LogP contribution in [0.4, 0.5) is 4.39 Å². The van der Waals surface area contributed by atoms with E-state index in [9.17, 15) is 9.18 Å². The Bertz CT molecular complexity index is 789. The van der Waals surface area contributed by atoms with Gasteiger partial charge >= 0.3 is 0 Å². The highest BCUT2D eigenvalue weighted by molar-refractivity contribution is 6.34.